The Hall–Kier alpha value is -2.56. The van der Waals surface area contributed by atoms with Gasteiger partial charge in [0.05, 0.1) is 30.9 Å². The molecule has 128 valence electrons. The second-order valence-corrected chi connectivity index (χ2v) is 5.45. The number of carbonyl (C=O) groups excluding carboxylic acids is 2. The monoisotopic (exact) mass is 329 g/mol. The lowest BCUT2D eigenvalue weighted by Crippen LogP contribution is -2.27. The maximum Gasteiger partial charge on any atom is 0.337 e. The fourth-order valence-corrected chi connectivity index (χ4v) is 2.63. The van der Waals surface area contributed by atoms with Crippen LogP contribution in [0.4, 0.5) is 0 Å². The Balaban J connectivity index is 2.29. The molecule has 0 saturated heterocycles. The van der Waals surface area contributed by atoms with Crippen molar-refractivity contribution in [2.75, 3.05) is 20.3 Å². The summed E-state index contributed by atoms with van der Waals surface area (Å²) >= 11 is 0. The van der Waals surface area contributed by atoms with Gasteiger partial charge in [0.25, 0.3) is 0 Å². The number of hydrogen-bond acceptors (Lipinski definition) is 5. The third-order valence-corrected chi connectivity index (χ3v) is 3.81. The van der Waals surface area contributed by atoms with Crippen LogP contribution < -0.4 is 0 Å². The molecule has 0 aliphatic carbocycles. The molecule has 0 fully saturated rings. The van der Waals surface area contributed by atoms with Gasteiger partial charge in [-0.15, -0.1) is 0 Å². The standard InChI is InChI=1S/C19H23NO4/c1-4-11-20-12-10-16(19(22)24-5-2)13-17(20)14-6-8-15(9-7-14)18(21)23-3/h6-10,12-13,17H,4-5,11H2,1-3H3. The van der Waals surface area contributed by atoms with Gasteiger partial charge in [-0.2, -0.15) is 0 Å². The highest BCUT2D eigenvalue weighted by Crippen LogP contribution is 2.29. The van der Waals surface area contributed by atoms with Crippen molar-refractivity contribution in [2.45, 2.75) is 26.3 Å². The summed E-state index contributed by atoms with van der Waals surface area (Å²) in [7, 11) is 1.36. The molecule has 0 amide bonds. The van der Waals surface area contributed by atoms with Crippen LogP contribution in [0.5, 0.6) is 0 Å². The first-order chi connectivity index (χ1) is 11.6. The summed E-state index contributed by atoms with van der Waals surface area (Å²) < 4.78 is 9.81. The zero-order chi connectivity index (χ0) is 17.5. The minimum Gasteiger partial charge on any atom is -0.465 e. The average Bonchev–Trinajstić information content (AvgIpc) is 2.62. The molecule has 1 aliphatic rings. The molecule has 1 aliphatic heterocycles. The number of esters is 2. The largest absolute Gasteiger partial charge is 0.465 e. The highest BCUT2D eigenvalue weighted by atomic mass is 16.5. The molecule has 1 unspecified atom stereocenters. The van der Waals surface area contributed by atoms with Gasteiger partial charge in [-0.3, -0.25) is 0 Å². The molecule has 0 bridgehead atoms. The van der Waals surface area contributed by atoms with E-state index in [9.17, 15) is 9.59 Å². The lowest BCUT2D eigenvalue weighted by molar-refractivity contribution is -0.138. The van der Waals surface area contributed by atoms with Crippen LogP contribution in [-0.2, 0) is 14.3 Å². The predicted octanol–water partition coefficient (Wildman–Crippen LogP) is 3.24. The van der Waals surface area contributed by atoms with E-state index < -0.39 is 0 Å². The molecule has 2 rings (SSSR count). The van der Waals surface area contributed by atoms with Gasteiger partial charge in [-0.25, -0.2) is 9.59 Å². The third-order valence-electron chi connectivity index (χ3n) is 3.81. The Morgan fingerprint density at radius 3 is 2.42 bits per heavy atom. The fourth-order valence-electron chi connectivity index (χ4n) is 2.63. The lowest BCUT2D eigenvalue weighted by Gasteiger charge is -2.31. The quantitative estimate of drug-likeness (QED) is 0.750. The predicted molar refractivity (Wildman–Crippen MR) is 91.4 cm³/mol. The van der Waals surface area contributed by atoms with Crippen molar-refractivity contribution in [2.24, 2.45) is 0 Å². The van der Waals surface area contributed by atoms with E-state index in [1.54, 1.807) is 25.1 Å². The van der Waals surface area contributed by atoms with Gasteiger partial charge >= 0.3 is 11.9 Å². The second-order valence-electron chi connectivity index (χ2n) is 5.45. The average molecular weight is 329 g/mol. The van der Waals surface area contributed by atoms with Gasteiger partial charge in [-0.1, -0.05) is 19.1 Å². The van der Waals surface area contributed by atoms with E-state index in [0.29, 0.717) is 17.7 Å². The number of ether oxygens (including phenoxy) is 2. The summed E-state index contributed by atoms with van der Waals surface area (Å²) in [6, 6.07) is 7.18. The minimum absolute atomic E-state index is 0.0685. The molecule has 1 atom stereocenters. The molecule has 0 spiro atoms. The molecule has 1 heterocycles. The lowest BCUT2D eigenvalue weighted by atomic mass is 9.98. The van der Waals surface area contributed by atoms with Gasteiger partial charge in [0, 0.05) is 12.7 Å². The van der Waals surface area contributed by atoms with Crippen molar-refractivity contribution in [1.82, 2.24) is 4.90 Å². The summed E-state index contributed by atoms with van der Waals surface area (Å²) in [6.07, 6.45) is 6.60. The van der Waals surface area contributed by atoms with E-state index in [0.717, 1.165) is 18.5 Å². The van der Waals surface area contributed by atoms with E-state index >= 15 is 0 Å². The van der Waals surface area contributed by atoms with Crippen molar-refractivity contribution < 1.29 is 19.1 Å². The first-order valence-corrected chi connectivity index (χ1v) is 8.11. The number of benzene rings is 1. The summed E-state index contributed by atoms with van der Waals surface area (Å²) in [5, 5.41) is 0. The summed E-state index contributed by atoms with van der Waals surface area (Å²) in [4.78, 5) is 25.7. The Bertz CT molecular complexity index is 646. The summed E-state index contributed by atoms with van der Waals surface area (Å²) in [5.74, 6) is -0.681. The maximum absolute atomic E-state index is 12.0. The Labute approximate surface area is 142 Å². The topological polar surface area (TPSA) is 55.8 Å². The molecule has 5 heteroatoms. The molecule has 1 aromatic carbocycles. The first kappa shape index (κ1) is 17.8. The fraction of sp³-hybridized carbons (Fsp3) is 0.368. The van der Waals surface area contributed by atoms with E-state index in [2.05, 4.69) is 11.8 Å². The molecule has 0 saturated carbocycles. The van der Waals surface area contributed by atoms with Crippen LogP contribution in [0.3, 0.4) is 0 Å². The molecule has 24 heavy (non-hydrogen) atoms. The van der Waals surface area contributed by atoms with Gasteiger partial charge < -0.3 is 14.4 Å². The molecule has 5 nitrogen and oxygen atoms in total. The molecular formula is C19H23NO4. The molecule has 0 N–H and O–H groups in total. The first-order valence-electron chi connectivity index (χ1n) is 8.11. The van der Waals surface area contributed by atoms with Crippen molar-refractivity contribution in [3.8, 4) is 0 Å². The Morgan fingerprint density at radius 1 is 1.12 bits per heavy atom. The zero-order valence-electron chi connectivity index (χ0n) is 14.3. The molecule has 0 radical (unpaired) electrons. The minimum atomic E-state index is -0.363. The highest BCUT2D eigenvalue weighted by Gasteiger charge is 2.22. The van der Waals surface area contributed by atoms with Crippen LogP contribution in [0.1, 0.15) is 42.2 Å². The van der Waals surface area contributed by atoms with Crippen LogP contribution >= 0.6 is 0 Å². The van der Waals surface area contributed by atoms with Crippen molar-refractivity contribution in [3.05, 3.63) is 59.3 Å². The second kappa shape index (κ2) is 8.34. The van der Waals surface area contributed by atoms with E-state index in [1.807, 2.05) is 24.4 Å². The SMILES string of the molecule is CCCN1C=CC(C(=O)OCC)=CC1c1ccc(C(=O)OC)cc1. The van der Waals surface area contributed by atoms with E-state index in [-0.39, 0.29) is 18.0 Å². The number of carbonyl (C=O) groups is 2. The zero-order valence-corrected chi connectivity index (χ0v) is 14.3. The molecule has 1 aromatic rings. The summed E-state index contributed by atoms with van der Waals surface area (Å²) in [5.41, 5.74) is 2.05. The van der Waals surface area contributed by atoms with E-state index in [4.69, 9.17) is 9.47 Å². The van der Waals surface area contributed by atoms with Gasteiger partial charge in [-0.05, 0) is 43.2 Å². The smallest absolute Gasteiger partial charge is 0.337 e. The number of hydrogen-bond donors (Lipinski definition) is 0. The van der Waals surface area contributed by atoms with Crippen LogP contribution in [0, 0.1) is 0 Å². The van der Waals surface area contributed by atoms with Gasteiger partial charge in [0.1, 0.15) is 0 Å². The maximum atomic E-state index is 12.0. The highest BCUT2D eigenvalue weighted by molar-refractivity contribution is 5.92. The van der Waals surface area contributed by atoms with Crippen molar-refractivity contribution in [3.63, 3.8) is 0 Å². The Morgan fingerprint density at radius 2 is 1.83 bits per heavy atom. The van der Waals surface area contributed by atoms with Crippen LogP contribution in [0.15, 0.2) is 48.2 Å². The normalized spacial score (nSPS) is 16.5. The summed E-state index contributed by atoms with van der Waals surface area (Å²) in [6.45, 7) is 5.11. The van der Waals surface area contributed by atoms with Crippen molar-refractivity contribution >= 4 is 11.9 Å². The molecule has 0 aromatic heterocycles. The van der Waals surface area contributed by atoms with E-state index in [1.165, 1.54) is 7.11 Å². The van der Waals surface area contributed by atoms with Crippen LogP contribution in [-0.4, -0.2) is 37.1 Å². The Kier molecular flexibility index (Phi) is 6.18. The van der Waals surface area contributed by atoms with Gasteiger partial charge in [0.2, 0.25) is 0 Å². The van der Waals surface area contributed by atoms with Crippen molar-refractivity contribution in [1.29, 1.82) is 0 Å². The van der Waals surface area contributed by atoms with Crippen LogP contribution in [0.2, 0.25) is 0 Å². The third kappa shape index (κ3) is 4.04. The number of rotatable bonds is 6. The van der Waals surface area contributed by atoms with Crippen LogP contribution in [0.25, 0.3) is 0 Å². The number of methoxy groups -OCH3 is 1. The number of nitrogens with zero attached hydrogens (tertiary/aromatic N) is 1. The molecular weight excluding hydrogens is 306 g/mol. The van der Waals surface area contributed by atoms with Gasteiger partial charge in [0.15, 0.2) is 0 Å².